The van der Waals surface area contributed by atoms with Crippen LogP contribution in [0.4, 0.5) is 5.69 Å². The fourth-order valence-electron chi connectivity index (χ4n) is 4.17. The van der Waals surface area contributed by atoms with Crippen LogP contribution in [0.3, 0.4) is 0 Å². The van der Waals surface area contributed by atoms with Crippen molar-refractivity contribution >= 4 is 5.69 Å². The number of rotatable bonds is 12. The molecule has 30 heavy (non-hydrogen) atoms. The van der Waals surface area contributed by atoms with Crippen LogP contribution in [0.5, 0.6) is 5.75 Å². The molecule has 0 bridgehead atoms. The zero-order valence-electron chi connectivity index (χ0n) is 18.8. The number of ether oxygens (including phenoxy) is 2. The molecule has 1 aliphatic carbocycles. The van der Waals surface area contributed by atoms with Crippen LogP contribution in [0, 0.1) is 0 Å². The summed E-state index contributed by atoms with van der Waals surface area (Å²) in [5.41, 5.74) is 11.0. The summed E-state index contributed by atoms with van der Waals surface area (Å²) in [6, 6.07) is 16.0. The average molecular weight is 412 g/mol. The summed E-state index contributed by atoms with van der Waals surface area (Å²) in [6.07, 6.45) is 4.61. The molecule has 1 unspecified atom stereocenters. The van der Waals surface area contributed by atoms with Gasteiger partial charge in [0.05, 0.1) is 13.2 Å². The zero-order chi connectivity index (χ0) is 21.3. The number of hydrogen-bond acceptors (Lipinski definition) is 5. The van der Waals surface area contributed by atoms with E-state index in [1.54, 1.807) is 0 Å². The maximum absolute atomic E-state index is 5.83. The highest BCUT2D eigenvalue weighted by molar-refractivity contribution is 5.46. The lowest BCUT2D eigenvalue weighted by Crippen LogP contribution is -2.24. The number of hydrogen-bond donors (Lipinski definition) is 1. The highest BCUT2D eigenvalue weighted by Crippen LogP contribution is 2.37. The summed E-state index contributed by atoms with van der Waals surface area (Å²) >= 11 is 0. The van der Waals surface area contributed by atoms with Gasteiger partial charge in [0.1, 0.15) is 12.4 Å². The third kappa shape index (κ3) is 6.21. The van der Waals surface area contributed by atoms with Crippen LogP contribution >= 0.6 is 0 Å². The number of nitrogens with zero attached hydrogens (tertiary/aromatic N) is 2. The van der Waals surface area contributed by atoms with Crippen molar-refractivity contribution in [2.24, 2.45) is 5.73 Å². The Bertz CT molecular complexity index is 776. The monoisotopic (exact) mass is 411 g/mol. The second kappa shape index (κ2) is 11.3. The van der Waals surface area contributed by atoms with Crippen LogP contribution in [0.15, 0.2) is 42.5 Å². The Morgan fingerprint density at radius 2 is 1.80 bits per heavy atom. The normalized spacial score (nSPS) is 15.4. The summed E-state index contributed by atoms with van der Waals surface area (Å²) in [5.74, 6) is 0.939. The molecule has 0 saturated carbocycles. The van der Waals surface area contributed by atoms with Crippen LogP contribution in [-0.4, -0.2) is 59.0 Å². The molecule has 0 saturated heterocycles. The molecule has 5 nitrogen and oxygen atoms in total. The van der Waals surface area contributed by atoms with Crippen LogP contribution in [-0.2, 0) is 17.6 Å². The molecule has 2 aromatic rings. The first kappa shape index (κ1) is 22.6. The standard InChI is InChI=1S/C25H37N3O2/c1-27(2)22-9-6-20(7-10-22)5-4-15-28(3)25-13-8-21-19-23(11-12-24(21)25)30-18-17-29-16-14-26/h6-7,9-12,19,25H,4-5,8,13-18,26H2,1-3H3. The number of anilines is 1. The Balaban J connectivity index is 1.46. The molecule has 3 rings (SSSR count). The Morgan fingerprint density at radius 3 is 2.53 bits per heavy atom. The second-order valence-electron chi connectivity index (χ2n) is 8.31. The lowest BCUT2D eigenvalue weighted by molar-refractivity contribution is 0.106. The van der Waals surface area contributed by atoms with Gasteiger partial charge < -0.3 is 20.1 Å². The van der Waals surface area contributed by atoms with E-state index in [2.05, 4.69) is 73.4 Å². The van der Waals surface area contributed by atoms with E-state index in [0.29, 0.717) is 32.4 Å². The Kier molecular flexibility index (Phi) is 8.55. The minimum atomic E-state index is 0.512. The third-order valence-electron chi connectivity index (χ3n) is 5.88. The average Bonchev–Trinajstić information content (AvgIpc) is 3.17. The molecule has 2 N–H and O–H groups in total. The SMILES string of the molecule is CN(C)c1ccc(CCCN(C)C2CCc3cc(OCCOCCN)ccc32)cc1. The van der Waals surface area contributed by atoms with Crippen molar-refractivity contribution in [3.63, 3.8) is 0 Å². The van der Waals surface area contributed by atoms with E-state index in [0.717, 1.165) is 25.1 Å². The zero-order valence-corrected chi connectivity index (χ0v) is 18.8. The maximum Gasteiger partial charge on any atom is 0.119 e. The van der Waals surface area contributed by atoms with Gasteiger partial charge in [-0.3, -0.25) is 4.90 Å². The predicted molar refractivity (Wildman–Crippen MR) is 125 cm³/mol. The van der Waals surface area contributed by atoms with Crippen molar-refractivity contribution in [2.75, 3.05) is 59.0 Å². The molecule has 5 heteroatoms. The third-order valence-corrected chi connectivity index (χ3v) is 5.88. The van der Waals surface area contributed by atoms with Crippen molar-refractivity contribution in [1.29, 1.82) is 0 Å². The second-order valence-corrected chi connectivity index (χ2v) is 8.31. The minimum absolute atomic E-state index is 0.512. The number of fused-ring (bicyclic) bond motifs is 1. The van der Waals surface area contributed by atoms with E-state index in [1.807, 2.05) is 0 Å². The Hall–Kier alpha value is -2.08. The largest absolute Gasteiger partial charge is 0.491 e. The summed E-state index contributed by atoms with van der Waals surface area (Å²) in [4.78, 5) is 4.66. The molecule has 0 amide bonds. The van der Waals surface area contributed by atoms with E-state index < -0.39 is 0 Å². The van der Waals surface area contributed by atoms with Gasteiger partial charge in [0, 0.05) is 32.4 Å². The molecule has 1 aliphatic rings. The van der Waals surface area contributed by atoms with Gasteiger partial charge in [-0.25, -0.2) is 0 Å². The van der Waals surface area contributed by atoms with E-state index >= 15 is 0 Å². The van der Waals surface area contributed by atoms with Gasteiger partial charge in [-0.2, -0.15) is 0 Å². The first-order chi connectivity index (χ1) is 14.6. The molecule has 1 atom stereocenters. The quantitative estimate of drug-likeness (QED) is 0.540. The first-order valence-electron chi connectivity index (χ1n) is 11.1. The minimum Gasteiger partial charge on any atom is -0.491 e. The van der Waals surface area contributed by atoms with Crippen LogP contribution in [0.2, 0.25) is 0 Å². The topological polar surface area (TPSA) is 51.0 Å². The van der Waals surface area contributed by atoms with Crippen molar-refractivity contribution in [1.82, 2.24) is 4.90 Å². The van der Waals surface area contributed by atoms with Crippen molar-refractivity contribution in [3.8, 4) is 5.75 Å². The van der Waals surface area contributed by atoms with Crippen LogP contribution < -0.4 is 15.4 Å². The molecule has 0 spiro atoms. The Labute approximate surface area is 181 Å². The van der Waals surface area contributed by atoms with Gasteiger partial charge in [-0.05, 0) is 80.2 Å². The van der Waals surface area contributed by atoms with Gasteiger partial charge in [-0.1, -0.05) is 18.2 Å². The van der Waals surface area contributed by atoms with Crippen molar-refractivity contribution in [2.45, 2.75) is 31.7 Å². The lowest BCUT2D eigenvalue weighted by atomic mass is 10.1. The number of aryl methyl sites for hydroxylation is 2. The van der Waals surface area contributed by atoms with E-state index in [4.69, 9.17) is 15.2 Å². The maximum atomic E-state index is 5.83. The van der Waals surface area contributed by atoms with Gasteiger partial charge in [0.25, 0.3) is 0 Å². The van der Waals surface area contributed by atoms with E-state index in [1.165, 1.54) is 35.2 Å². The van der Waals surface area contributed by atoms with Gasteiger partial charge >= 0.3 is 0 Å². The summed E-state index contributed by atoms with van der Waals surface area (Å²) < 4.78 is 11.2. The first-order valence-corrected chi connectivity index (χ1v) is 11.1. The smallest absolute Gasteiger partial charge is 0.119 e. The number of nitrogens with two attached hydrogens (primary N) is 1. The molecule has 2 aromatic carbocycles. The molecular formula is C25H37N3O2. The van der Waals surface area contributed by atoms with Crippen LogP contribution in [0.25, 0.3) is 0 Å². The highest BCUT2D eigenvalue weighted by Gasteiger charge is 2.25. The van der Waals surface area contributed by atoms with E-state index in [-0.39, 0.29) is 0 Å². The molecular weight excluding hydrogens is 374 g/mol. The fraction of sp³-hybridized carbons (Fsp3) is 0.520. The van der Waals surface area contributed by atoms with Crippen molar-refractivity contribution in [3.05, 3.63) is 59.2 Å². The van der Waals surface area contributed by atoms with E-state index in [9.17, 15) is 0 Å². The predicted octanol–water partition coefficient (Wildman–Crippen LogP) is 3.66. The summed E-state index contributed by atoms with van der Waals surface area (Å²) in [7, 11) is 6.42. The summed E-state index contributed by atoms with van der Waals surface area (Å²) in [5, 5.41) is 0. The highest BCUT2D eigenvalue weighted by atomic mass is 16.5. The molecule has 0 aromatic heterocycles. The molecule has 0 radical (unpaired) electrons. The van der Waals surface area contributed by atoms with Gasteiger partial charge in [0.2, 0.25) is 0 Å². The Morgan fingerprint density at radius 1 is 1.00 bits per heavy atom. The fourth-order valence-corrected chi connectivity index (χ4v) is 4.17. The molecule has 164 valence electrons. The number of benzene rings is 2. The van der Waals surface area contributed by atoms with Crippen molar-refractivity contribution < 1.29 is 9.47 Å². The van der Waals surface area contributed by atoms with Gasteiger partial charge in [0.15, 0.2) is 0 Å². The lowest BCUT2D eigenvalue weighted by Gasteiger charge is -2.25. The van der Waals surface area contributed by atoms with Crippen LogP contribution in [0.1, 0.15) is 35.6 Å². The van der Waals surface area contributed by atoms with Gasteiger partial charge in [-0.15, -0.1) is 0 Å². The molecule has 0 heterocycles. The molecule has 0 aliphatic heterocycles. The molecule has 0 fully saturated rings. The summed E-state index contributed by atoms with van der Waals surface area (Å²) in [6.45, 7) is 3.39.